The molecule has 0 bridgehead atoms. The molecule has 0 aromatic carbocycles. The zero-order chi connectivity index (χ0) is 13.4. The van der Waals surface area contributed by atoms with Crippen LogP contribution in [0.2, 0.25) is 0 Å². The molecule has 4 nitrogen and oxygen atoms in total. The predicted molar refractivity (Wildman–Crippen MR) is 77.5 cm³/mol. The van der Waals surface area contributed by atoms with Crippen LogP contribution in [0.4, 0.5) is 5.13 Å². The van der Waals surface area contributed by atoms with Crippen LogP contribution < -0.4 is 10.6 Å². The first-order valence-corrected chi connectivity index (χ1v) is 8.03. The number of fused-ring (bicyclic) bond motifs is 1. The van der Waals surface area contributed by atoms with Crippen LogP contribution in [0, 0.1) is 11.8 Å². The maximum atomic E-state index is 12.3. The summed E-state index contributed by atoms with van der Waals surface area (Å²) in [5.74, 6) is 1.74. The molecule has 1 aromatic heterocycles. The monoisotopic (exact) mass is 279 g/mol. The smallest absolute Gasteiger partial charge is 0.243 e. The zero-order valence-electron chi connectivity index (χ0n) is 11.5. The van der Waals surface area contributed by atoms with Crippen molar-refractivity contribution in [2.45, 2.75) is 45.1 Å². The van der Waals surface area contributed by atoms with Crippen molar-refractivity contribution >= 4 is 22.4 Å². The van der Waals surface area contributed by atoms with Gasteiger partial charge in [0.25, 0.3) is 0 Å². The van der Waals surface area contributed by atoms with Crippen molar-refractivity contribution in [1.29, 1.82) is 0 Å². The van der Waals surface area contributed by atoms with Gasteiger partial charge in [-0.05, 0) is 37.1 Å². The van der Waals surface area contributed by atoms with Crippen molar-refractivity contribution in [1.82, 2.24) is 10.3 Å². The quantitative estimate of drug-likeness (QED) is 0.894. The van der Waals surface area contributed by atoms with Crippen LogP contribution >= 0.6 is 11.3 Å². The second-order valence-electron chi connectivity index (χ2n) is 5.96. The van der Waals surface area contributed by atoms with E-state index < -0.39 is 0 Å². The fourth-order valence-corrected chi connectivity index (χ4v) is 4.14. The Kier molecular flexibility index (Phi) is 3.58. The van der Waals surface area contributed by atoms with E-state index in [2.05, 4.69) is 29.5 Å². The van der Waals surface area contributed by atoms with Gasteiger partial charge in [-0.2, -0.15) is 0 Å². The van der Waals surface area contributed by atoms with E-state index >= 15 is 0 Å². The molecule has 19 heavy (non-hydrogen) atoms. The van der Waals surface area contributed by atoms with Gasteiger partial charge in [0.15, 0.2) is 5.13 Å². The Morgan fingerprint density at radius 3 is 3.11 bits per heavy atom. The summed E-state index contributed by atoms with van der Waals surface area (Å²) in [6, 6.07) is -0.0149. The lowest BCUT2D eigenvalue weighted by molar-refractivity contribution is -0.118. The first-order chi connectivity index (χ1) is 9.15. The van der Waals surface area contributed by atoms with E-state index in [0.29, 0.717) is 17.8 Å². The van der Waals surface area contributed by atoms with Crippen LogP contribution in [-0.4, -0.2) is 23.5 Å². The van der Waals surface area contributed by atoms with E-state index in [-0.39, 0.29) is 11.9 Å². The number of carbonyl (C=O) groups excluding carboxylic acids is 1. The third-order valence-electron chi connectivity index (χ3n) is 4.37. The second kappa shape index (κ2) is 5.21. The highest BCUT2D eigenvalue weighted by molar-refractivity contribution is 7.13. The average molecular weight is 279 g/mol. The number of anilines is 1. The molecule has 3 atom stereocenters. The number of thiazole rings is 1. The van der Waals surface area contributed by atoms with Crippen molar-refractivity contribution in [3.63, 3.8) is 0 Å². The summed E-state index contributed by atoms with van der Waals surface area (Å²) in [5.41, 5.74) is 1.05. The molecule has 3 rings (SSSR count). The summed E-state index contributed by atoms with van der Waals surface area (Å²) >= 11 is 1.52. The fraction of sp³-hybridized carbons (Fsp3) is 0.714. The van der Waals surface area contributed by atoms with Gasteiger partial charge in [0.2, 0.25) is 5.91 Å². The molecule has 5 heteroatoms. The van der Waals surface area contributed by atoms with E-state index in [9.17, 15) is 4.79 Å². The maximum absolute atomic E-state index is 12.3. The number of aromatic nitrogens is 1. The highest BCUT2D eigenvalue weighted by Crippen LogP contribution is 2.38. The molecular weight excluding hydrogens is 258 g/mol. The lowest BCUT2D eigenvalue weighted by Crippen LogP contribution is -2.39. The van der Waals surface area contributed by atoms with Crippen LogP contribution in [0.1, 0.15) is 44.7 Å². The molecule has 1 aromatic rings. The molecule has 1 aliphatic carbocycles. The number of nitrogens with zero attached hydrogens (tertiary/aromatic N) is 1. The molecule has 1 saturated heterocycles. The molecule has 1 aliphatic heterocycles. The van der Waals surface area contributed by atoms with Crippen molar-refractivity contribution in [3.05, 3.63) is 11.1 Å². The lowest BCUT2D eigenvalue weighted by atomic mass is 9.94. The molecule has 2 aliphatic rings. The van der Waals surface area contributed by atoms with Crippen molar-refractivity contribution in [2.75, 3.05) is 11.9 Å². The number of hydrogen-bond donors (Lipinski definition) is 2. The van der Waals surface area contributed by atoms with Gasteiger partial charge in [-0.15, -0.1) is 11.3 Å². The van der Waals surface area contributed by atoms with Crippen LogP contribution in [0.15, 0.2) is 5.38 Å². The van der Waals surface area contributed by atoms with Crippen molar-refractivity contribution in [3.8, 4) is 0 Å². The molecule has 3 unspecified atom stereocenters. The molecule has 2 fully saturated rings. The highest BCUT2D eigenvalue weighted by atomic mass is 32.1. The van der Waals surface area contributed by atoms with E-state index in [4.69, 9.17) is 0 Å². The first-order valence-electron chi connectivity index (χ1n) is 7.15. The van der Waals surface area contributed by atoms with E-state index in [1.807, 2.05) is 5.38 Å². The van der Waals surface area contributed by atoms with Crippen molar-refractivity contribution in [2.24, 2.45) is 11.8 Å². The summed E-state index contributed by atoms with van der Waals surface area (Å²) in [4.78, 5) is 16.8. The molecule has 0 radical (unpaired) electrons. The number of rotatable bonds is 3. The molecular formula is C14H21N3OS. The van der Waals surface area contributed by atoms with Crippen molar-refractivity contribution < 1.29 is 4.79 Å². The Bertz CT molecular complexity index is 471. The molecule has 2 N–H and O–H groups in total. The van der Waals surface area contributed by atoms with Gasteiger partial charge in [-0.25, -0.2) is 4.98 Å². The molecule has 2 heterocycles. The standard InChI is InChI=1S/C14H21N3OS/c1-8(2)11-7-19-14(16-11)17-13(18)12-10-5-3-4-9(10)6-15-12/h7-10,12,15H,3-6H2,1-2H3,(H,16,17,18). The Morgan fingerprint density at radius 1 is 1.53 bits per heavy atom. The minimum atomic E-state index is -0.0149. The molecule has 0 spiro atoms. The van der Waals surface area contributed by atoms with Crippen LogP contribution in [-0.2, 0) is 4.79 Å². The average Bonchev–Trinajstić information content (AvgIpc) is 3.03. The zero-order valence-corrected chi connectivity index (χ0v) is 12.3. The van der Waals surface area contributed by atoms with E-state index in [1.54, 1.807) is 0 Å². The Balaban J connectivity index is 1.64. The summed E-state index contributed by atoms with van der Waals surface area (Å²) in [6.07, 6.45) is 3.73. The van der Waals surface area contributed by atoms with Gasteiger partial charge in [0, 0.05) is 5.38 Å². The topological polar surface area (TPSA) is 54.0 Å². The minimum Gasteiger partial charge on any atom is -0.305 e. The van der Waals surface area contributed by atoms with Crippen LogP contribution in [0.5, 0.6) is 0 Å². The Labute approximate surface area is 118 Å². The van der Waals surface area contributed by atoms with Crippen LogP contribution in [0.3, 0.4) is 0 Å². The predicted octanol–water partition coefficient (Wildman–Crippen LogP) is 2.59. The normalized spacial score (nSPS) is 29.7. The van der Waals surface area contributed by atoms with E-state index in [1.165, 1.54) is 30.6 Å². The summed E-state index contributed by atoms with van der Waals surface area (Å²) in [6.45, 7) is 5.22. The summed E-state index contributed by atoms with van der Waals surface area (Å²) < 4.78 is 0. The maximum Gasteiger partial charge on any atom is 0.243 e. The minimum absolute atomic E-state index is 0.0149. The van der Waals surface area contributed by atoms with Gasteiger partial charge in [-0.3, -0.25) is 4.79 Å². The SMILES string of the molecule is CC(C)c1csc(NC(=O)C2NCC3CCCC32)n1. The van der Waals surface area contributed by atoms with Crippen LogP contribution in [0.25, 0.3) is 0 Å². The third-order valence-corrected chi connectivity index (χ3v) is 5.15. The number of carbonyl (C=O) groups is 1. The Hall–Kier alpha value is -0.940. The highest BCUT2D eigenvalue weighted by Gasteiger charge is 2.42. The summed E-state index contributed by atoms with van der Waals surface area (Å²) in [7, 11) is 0. The molecule has 1 amide bonds. The first kappa shape index (κ1) is 13.1. The molecule has 1 saturated carbocycles. The second-order valence-corrected chi connectivity index (χ2v) is 6.82. The number of hydrogen-bond acceptors (Lipinski definition) is 4. The van der Waals surface area contributed by atoms with Gasteiger partial charge >= 0.3 is 0 Å². The fourth-order valence-electron chi connectivity index (χ4n) is 3.27. The van der Waals surface area contributed by atoms with Gasteiger partial charge in [0.1, 0.15) is 0 Å². The van der Waals surface area contributed by atoms with Gasteiger partial charge in [0.05, 0.1) is 11.7 Å². The third kappa shape index (κ3) is 2.54. The largest absolute Gasteiger partial charge is 0.305 e. The lowest BCUT2D eigenvalue weighted by Gasteiger charge is -2.16. The molecule has 104 valence electrons. The van der Waals surface area contributed by atoms with Gasteiger partial charge in [-0.1, -0.05) is 20.3 Å². The van der Waals surface area contributed by atoms with Gasteiger partial charge < -0.3 is 10.6 Å². The summed E-state index contributed by atoms with van der Waals surface area (Å²) in [5, 5.41) is 9.11. The van der Waals surface area contributed by atoms with E-state index in [0.717, 1.165) is 17.4 Å². The Morgan fingerprint density at radius 2 is 2.37 bits per heavy atom. The number of amides is 1. The number of nitrogens with one attached hydrogen (secondary N) is 2.